The predicted octanol–water partition coefficient (Wildman–Crippen LogP) is 2.57. The van der Waals surface area contributed by atoms with E-state index in [1.807, 2.05) is 6.92 Å². The maximum atomic E-state index is 12.2. The van der Waals surface area contributed by atoms with Crippen LogP contribution in [0.5, 0.6) is 5.75 Å². The van der Waals surface area contributed by atoms with Crippen LogP contribution < -0.4 is 10.1 Å². The van der Waals surface area contributed by atoms with E-state index in [9.17, 15) is 9.59 Å². The third-order valence-corrected chi connectivity index (χ3v) is 3.08. The largest absolute Gasteiger partial charge is 0.481 e. The lowest BCUT2D eigenvalue weighted by Crippen LogP contribution is -2.32. The normalized spacial score (nSPS) is 11.6. The van der Waals surface area contributed by atoms with Gasteiger partial charge in [-0.3, -0.25) is 4.79 Å². The van der Waals surface area contributed by atoms with Crippen molar-refractivity contribution in [2.24, 2.45) is 0 Å². The minimum atomic E-state index is -0.722. The first-order chi connectivity index (χ1) is 11.0. The highest BCUT2D eigenvalue weighted by molar-refractivity contribution is 5.93. The standard InChI is InChI=1S/C16H18N2O5/c1-4-13(15(19)17-14-8-10(2)23-18-14)22-12-7-5-6-11(9-12)16(20)21-3/h5-9,13H,4H2,1-3H3,(H,17,18,19)/t13-/m1/s1. The van der Waals surface area contributed by atoms with E-state index in [4.69, 9.17) is 9.26 Å². The second-order valence-corrected chi connectivity index (χ2v) is 4.85. The fourth-order valence-electron chi connectivity index (χ4n) is 1.93. The van der Waals surface area contributed by atoms with Crippen LogP contribution in [-0.4, -0.2) is 30.2 Å². The van der Waals surface area contributed by atoms with Gasteiger partial charge in [0.25, 0.3) is 5.91 Å². The molecule has 23 heavy (non-hydrogen) atoms. The number of carbonyl (C=O) groups is 2. The summed E-state index contributed by atoms with van der Waals surface area (Å²) in [5.74, 6) is 0.527. The van der Waals surface area contributed by atoms with Gasteiger partial charge in [0.15, 0.2) is 11.9 Å². The van der Waals surface area contributed by atoms with Crippen LogP contribution in [-0.2, 0) is 9.53 Å². The van der Waals surface area contributed by atoms with Crippen molar-refractivity contribution in [1.29, 1.82) is 0 Å². The minimum absolute atomic E-state index is 0.331. The Balaban J connectivity index is 2.06. The van der Waals surface area contributed by atoms with Crippen molar-refractivity contribution in [2.45, 2.75) is 26.4 Å². The second kappa shape index (κ2) is 7.44. The number of anilines is 1. The Morgan fingerprint density at radius 2 is 2.13 bits per heavy atom. The highest BCUT2D eigenvalue weighted by Crippen LogP contribution is 2.18. The maximum Gasteiger partial charge on any atom is 0.337 e. The number of aryl methyl sites for hydroxylation is 1. The maximum absolute atomic E-state index is 12.2. The first-order valence-corrected chi connectivity index (χ1v) is 7.12. The summed E-state index contributed by atoms with van der Waals surface area (Å²) in [6.07, 6.45) is -0.273. The molecule has 0 radical (unpaired) electrons. The van der Waals surface area contributed by atoms with Crippen LogP contribution in [0, 0.1) is 6.92 Å². The number of nitrogens with zero attached hydrogens (tertiary/aromatic N) is 1. The molecule has 1 atom stereocenters. The van der Waals surface area contributed by atoms with E-state index < -0.39 is 12.1 Å². The van der Waals surface area contributed by atoms with Gasteiger partial charge < -0.3 is 19.3 Å². The highest BCUT2D eigenvalue weighted by atomic mass is 16.5. The quantitative estimate of drug-likeness (QED) is 0.823. The van der Waals surface area contributed by atoms with E-state index in [1.54, 1.807) is 31.2 Å². The van der Waals surface area contributed by atoms with Crippen LogP contribution in [0.4, 0.5) is 5.82 Å². The van der Waals surface area contributed by atoms with Gasteiger partial charge in [-0.05, 0) is 31.5 Å². The molecule has 2 aromatic rings. The number of hydrogen-bond donors (Lipinski definition) is 1. The van der Waals surface area contributed by atoms with Gasteiger partial charge in [-0.1, -0.05) is 18.1 Å². The SMILES string of the molecule is CC[C@@H](Oc1cccc(C(=O)OC)c1)C(=O)Nc1cc(C)on1. The number of nitrogens with one attached hydrogen (secondary N) is 1. The number of benzene rings is 1. The zero-order valence-corrected chi connectivity index (χ0v) is 13.2. The van der Waals surface area contributed by atoms with Crippen molar-refractivity contribution in [2.75, 3.05) is 12.4 Å². The third-order valence-electron chi connectivity index (χ3n) is 3.08. The van der Waals surface area contributed by atoms with Crippen molar-refractivity contribution >= 4 is 17.7 Å². The van der Waals surface area contributed by atoms with E-state index in [2.05, 4.69) is 15.2 Å². The van der Waals surface area contributed by atoms with Crippen molar-refractivity contribution in [3.05, 3.63) is 41.7 Å². The minimum Gasteiger partial charge on any atom is -0.481 e. The number of rotatable bonds is 6. The smallest absolute Gasteiger partial charge is 0.337 e. The number of aromatic nitrogens is 1. The van der Waals surface area contributed by atoms with Gasteiger partial charge in [0.05, 0.1) is 12.7 Å². The van der Waals surface area contributed by atoms with Crippen molar-refractivity contribution in [3.63, 3.8) is 0 Å². The van der Waals surface area contributed by atoms with Crippen molar-refractivity contribution in [1.82, 2.24) is 5.16 Å². The van der Waals surface area contributed by atoms with Crippen molar-refractivity contribution in [3.8, 4) is 5.75 Å². The molecule has 0 bridgehead atoms. The zero-order valence-electron chi connectivity index (χ0n) is 13.2. The Bertz CT molecular complexity index is 695. The molecular weight excluding hydrogens is 300 g/mol. The van der Waals surface area contributed by atoms with E-state index in [1.165, 1.54) is 13.2 Å². The molecule has 0 spiro atoms. The third kappa shape index (κ3) is 4.32. The number of amides is 1. The molecule has 122 valence electrons. The number of carbonyl (C=O) groups excluding carboxylic acids is 2. The number of hydrogen-bond acceptors (Lipinski definition) is 6. The predicted molar refractivity (Wildman–Crippen MR) is 82.4 cm³/mol. The average Bonchev–Trinajstić information content (AvgIpc) is 2.96. The van der Waals surface area contributed by atoms with Crippen LogP contribution in [0.1, 0.15) is 29.5 Å². The van der Waals surface area contributed by atoms with E-state index in [0.717, 1.165) is 0 Å². The Morgan fingerprint density at radius 3 is 2.74 bits per heavy atom. The van der Waals surface area contributed by atoms with Crippen LogP contribution in [0.3, 0.4) is 0 Å². The summed E-state index contributed by atoms with van der Waals surface area (Å²) in [5, 5.41) is 6.33. The monoisotopic (exact) mass is 318 g/mol. The highest BCUT2D eigenvalue weighted by Gasteiger charge is 2.20. The van der Waals surface area contributed by atoms with Gasteiger partial charge in [-0.2, -0.15) is 0 Å². The summed E-state index contributed by atoms with van der Waals surface area (Å²) < 4.78 is 15.2. The van der Waals surface area contributed by atoms with Crippen LogP contribution in [0.15, 0.2) is 34.9 Å². The Hall–Kier alpha value is -2.83. The molecule has 1 N–H and O–H groups in total. The lowest BCUT2D eigenvalue weighted by Gasteiger charge is -2.16. The average molecular weight is 318 g/mol. The molecule has 7 heteroatoms. The number of ether oxygens (including phenoxy) is 2. The summed E-state index contributed by atoms with van der Waals surface area (Å²) in [7, 11) is 1.30. The van der Waals surface area contributed by atoms with Gasteiger partial charge in [0, 0.05) is 6.07 Å². The molecule has 0 saturated heterocycles. The van der Waals surface area contributed by atoms with Gasteiger partial charge >= 0.3 is 5.97 Å². The number of methoxy groups -OCH3 is 1. The van der Waals surface area contributed by atoms with Gasteiger partial charge in [-0.15, -0.1) is 0 Å². The summed E-state index contributed by atoms with van der Waals surface area (Å²) >= 11 is 0. The molecule has 0 unspecified atom stereocenters. The summed E-state index contributed by atoms with van der Waals surface area (Å²) in [5.41, 5.74) is 0.354. The lowest BCUT2D eigenvalue weighted by atomic mass is 10.2. The molecule has 1 aromatic heterocycles. The molecule has 1 aromatic carbocycles. The molecule has 1 heterocycles. The molecule has 0 aliphatic carbocycles. The van der Waals surface area contributed by atoms with Crippen LogP contribution >= 0.6 is 0 Å². The molecule has 0 aliphatic heterocycles. The van der Waals surface area contributed by atoms with E-state index >= 15 is 0 Å². The molecule has 7 nitrogen and oxygen atoms in total. The molecule has 2 rings (SSSR count). The number of esters is 1. The topological polar surface area (TPSA) is 90.7 Å². The molecule has 1 amide bonds. The molecular formula is C16H18N2O5. The summed E-state index contributed by atoms with van der Waals surface area (Å²) in [4.78, 5) is 23.7. The Labute approximate surface area is 133 Å². The van der Waals surface area contributed by atoms with E-state index in [-0.39, 0.29) is 5.91 Å². The lowest BCUT2D eigenvalue weighted by molar-refractivity contribution is -0.122. The van der Waals surface area contributed by atoms with Crippen LogP contribution in [0.25, 0.3) is 0 Å². The van der Waals surface area contributed by atoms with Gasteiger partial charge in [0.1, 0.15) is 11.5 Å². The summed E-state index contributed by atoms with van der Waals surface area (Å²) in [6.45, 7) is 3.55. The molecule has 0 saturated carbocycles. The summed E-state index contributed by atoms with van der Waals surface area (Å²) in [6, 6.07) is 8.08. The molecule has 0 fully saturated rings. The van der Waals surface area contributed by atoms with Gasteiger partial charge in [-0.25, -0.2) is 4.79 Å². The van der Waals surface area contributed by atoms with Crippen LogP contribution in [0.2, 0.25) is 0 Å². The fourth-order valence-corrected chi connectivity index (χ4v) is 1.93. The first-order valence-electron chi connectivity index (χ1n) is 7.12. The van der Waals surface area contributed by atoms with Crippen molar-refractivity contribution < 1.29 is 23.6 Å². The first kappa shape index (κ1) is 16.5. The zero-order chi connectivity index (χ0) is 16.8. The Kier molecular flexibility index (Phi) is 5.35. The Morgan fingerprint density at radius 1 is 1.35 bits per heavy atom. The second-order valence-electron chi connectivity index (χ2n) is 4.85. The van der Waals surface area contributed by atoms with Gasteiger partial charge in [0.2, 0.25) is 0 Å². The fraction of sp³-hybridized carbons (Fsp3) is 0.312. The molecule has 0 aliphatic rings. The van der Waals surface area contributed by atoms with E-state index in [0.29, 0.717) is 29.3 Å².